The average molecular weight is 286 g/mol. The Hall–Kier alpha value is -1.35. The molecule has 3 rings (SSSR count). The number of likely N-dealkylation sites (tertiary alicyclic amines) is 1. The minimum atomic E-state index is 0.324. The largest absolute Gasteiger partial charge is 0.342 e. The van der Waals surface area contributed by atoms with Crippen molar-refractivity contribution in [2.24, 2.45) is 5.92 Å². The molecule has 1 heterocycles. The van der Waals surface area contributed by atoms with Gasteiger partial charge in [0.05, 0.1) is 6.54 Å². The maximum absolute atomic E-state index is 12.5. The van der Waals surface area contributed by atoms with Crippen molar-refractivity contribution in [3.05, 3.63) is 35.9 Å². The van der Waals surface area contributed by atoms with Gasteiger partial charge in [-0.3, -0.25) is 9.69 Å². The van der Waals surface area contributed by atoms with Crippen LogP contribution in [-0.4, -0.2) is 41.4 Å². The van der Waals surface area contributed by atoms with Crippen LogP contribution in [0.25, 0.3) is 0 Å². The lowest BCUT2D eigenvalue weighted by atomic mass is 9.99. The summed E-state index contributed by atoms with van der Waals surface area (Å²) in [5.74, 6) is 1.10. The highest BCUT2D eigenvalue weighted by atomic mass is 16.2. The van der Waals surface area contributed by atoms with E-state index in [0.29, 0.717) is 18.5 Å². The second kappa shape index (κ2) is 6.61. The first-order valence-electron chi connectivity index (χ1n) is 8.28. The Kier molecular flexibility index (Phi) is 4.59. The topological polar surface area (TPSA) is 23.6 Å². The summed E-state index contributed by atoms with van der Waals surface area (Å²) in [7, 11) is 0. The van der Waals surface area contributed by atoms with Crippen LogP contribution in [0.15, 0.2) is 30.3 Å². The van der Waals surface area contributed by atoms with Gasteiger partial charge in [0.15, 0.2) is 0 Å². The molecule has 0 unspecified atom stereocenters. The first-order chi connectivity index (χ1) is 10.2. The molecule has 21 heavy (non-hydrogen) atoms. The number of nitrogens with zero attached hydrogens (tertiary/aromatic N) is 2. The van der Waals surface area contributed by atoms with E-state index in [1.54, 1.807) is 0 Å². The van der Waals surface area contributed by atoms with E-state index in [1.165, 1.54) is 18.4 Å². The van der Waals surface area contributed by atoms with E-state index >= 15 is 0 Å². The highest BCUT2D eigenvalue weighted by Gasteiger charge is 2.31. The summed E-state index contributed by atoms with van der Waals surface area (Å²) in [6, 6.07) is 11.1. The van der Waals surface area contributed by atoms with Crippen LogP contribution in [0.1, 0.15) is 38.2 Å². The summed E-state index contributed by atoms with van der Waals surface area (Å²) in [6.07, 6.45) is 4.82. The summed E-state index contributed by atoms with van der Waals surface area (Å²) in [5.41, 5.74) is 1.31. The van der Waals surface area contributed by atoms with E-state index in [1.807, 2.05) is 6.07 Å². The summed E-state index contributed by atoms with van der Waals surface area (Å²) < 4.78 is 0. The first-order valence-corrected chi connectivity index (χ1v) is 8.28. The third-order valence-corrected chi connectivity index (χ3v) is 4.77. The quantitative estimate of drug-likeness (QED) is 0.831. The van der Waals surface area contributed by atoms with Gasteiger partial charge >= 0.3 is 0 Å². The second-order valence-corrected chi connectivity index (χ2v) is 6.69. The van der Waals surface area contributed by atoms with Gasteiger partial charge < -0.3 is 4.90 Å². The molecule has 1 aliphatic heterocycles. The van der Waals surface area contributed by atoms with E-state index in [9.17, 15) is 4.79 Å². The average Bonchev–Trinajstić information content (AvgIpc) is 3.33. The van der Waals surface area contributed by atoms with Crippen LogP contribution in [0.5, 0.6) is 0 Å². The molecule has 0 atom stereocenters. The van der Waals surface area contributed by atoms with Gasteiger partial charge in [0, 0.05) is 25.7 Å². The number of carbonyl (C=O) groups is 1. The Balaban J connectivity index is 1.56. The van der Waals surface area contributed by atoms with Crippen molar-refractivity contribution >= 4 is 5.91 Å². The van der Waals surface area contributed by atoms with Crippen LogP contribution >= 0.6 is 0 Å². The molecule has 0 spiro atoms. The Morgan fingerprint density at radius 1 is 1.14 bits per heavy atom. The van der Waals surface area contributed by atoms with Gasteiger partial charge in [0.25, 0.3) is 0 Å². The van der Waals surface area contributed by atoms with Crippen LogP contribution < -0.4 is 0 Å². The van der Waals surface area contributed by atoms with Gasteiger partial charge in [-0.15, -0.1) is 0 Å². The second-order valence-electron chi connectivity index (χ2n) is 6.69. The van der Waals surface area contributed by atoms with E-state index < -0.39 is 0 Å². The molecular weight excluding hydrogens is 260 g/mol. The molecule has 1 saturated heterocycles. The Bertz CT molecular complexity index is 461. The van der Waals surface area contributed by atoms with E-state index in [-0.39, 0.29) is 0 Å². The highest BCUT2D eigenvalue weighted by molar-refractivity contribution is 5.78. The fraction of sp³-hybridized carbons (Fsp3) is 0.611. The summed E-state index contributed by atoms with van der Waals surface area (Å²) >= 11 is 0. The molecule has 114 valence electrons. The maximum atomic E-state index is 12.5. The predicted octanol–water partition coefficient (Wildman–Crippen LogP) is 2.91. The number of amides is 1. The van der Waals surface area contributed by atoms with Crippen LogP contribution in [0.2, 0.25) is 0 Å². The van der Waals surface area contributed by atoms with Crippen molar-refractivity contribution in [1.82, 2.24) is 9.80 Å². The fourth-order valence-electron chi connectivity index (χ4n) is 3.10. The highest BCUT2D eigenvalue weighted by Crippen LogP contribution is 2.28. The number of carbonyl (C=O) groups excluding carboxylic acids is 1. The standard InChI is InChI=1S/C18H26N2O/c1-15-9-11-19(12-10-15)18(21)14-20(17-7-8-17)13-16-5-3-2-4-6-16/h2-6,15,17H,7-14H2,1H3. The molecular formula is C18H26N2O. The van der Waals surface area contributed by atoms with Crippen LogP contribution in [0, 0.1) is 5.92 Å². The summed E-state index contributed by atoms with van der Waals surface area (Å²) in [4.78, 5) is 17.0. The fourth-order valence-corrected chi connectivity index (χ4v) is 3.10. The smallest absolute Gasteiger partial charge is 0.236 e. The molecule has 2 fully saturated rings. The van der Waals surface area contributed by atoms with Crippen molar-refractivity contribution in [1.29, 1.82) is 0 Å². The number of hydrogen-bond donors (Lipinski definition) is 0. The van der Waals surface area contributed by atoms with Crippen LogP contribution in [0.3, 0.4) is 0 Å². The predicted molar refractivity (Wildman–Crippen MR) is 84.9 cm³/mol. The van der Waals surface area contributed by atoms with Gasteiger partial charge in [-0.1, -0.05) is 37.3 Å². The van der Waals surface area contributed by atoms with Crippen LogP contribution in [-0.2, 0) is 11.3 Å². The van der Waals surface area contributed by atoms with E-state index in [2.05, 4.69) is 41.0 Å². The molecule has 0 N–H and O–H groups in total. The minimum Gasteiger partial charge on any atom is -0.342 e. The van der Waals surface area contributed by atoms with Crippen molar-refractivity contribution in [3.8, 4) is 0 Å². The summed E-state index contributed by atoms with van der Waals surface area (Å²) in [6.45, 7) is 5.68. The lowest BCUT2D eigenvalue weighted by Gasteiger charge is -2.32. The van der Waals surface area contributed by atoms with Gasteiger partial charge in [-0.2, -0.15) is 0 Å². The maximum Gasteiger partial charge on any atom is 0.236 e. The molecule has 3 heteroatoms. The number of benzene rings is 1. The molecule has 1 amide bonds. The zero-order valence-corrected chi connectivity index (χ0v) is 13.0. The number of rotatable bonds is 5. The van der Waals surface area contributed by atoms with Gasteiger partial charge in [-0.05, 0) is 37.2 Å². The molecule has 3 nitrogen and oxygen atoms in total. The van der Waals surface area contributed by atoms with Crippen LogP contribution in [0.4, 0.5) is 0 Å². The lowest BCUT2D eigenvalue weighted by Crippen LogP contribution is -2.44. The molecule has 2 aliphatic rings. The third-order valence-electron chi connectivity index (χ3n) is 4.77. The Labute approximate surface area is 127 Å². The molecule has 1 aliphatic carbocycles. The zero-order chi connectivity index (χ0) is 14.7. The number of piperidine rings is 1. The SMILES string of the molecule is CC1CCN(C(=O)CN(Cc2ccccc2)C2CC2)CC1. The Morgan fingerprint density at radius 2 is 1.81 bits per heavy atom. The van der Waals surface area contributed by atoms with Crippen molar-refractivity contribution in [2.75, 3.05) is 19.6 Å². The Morgan fingerprint density at radius 3 is 2.43 bits per heavy atom. The molecule has 1 aromatic rings. The van der Waals surface area contributed by atoms with Crippen molar-refractivity contribution < 1.29 is 4.79 Å². The molecule has 1 saturated carbocycles. The van der Waals surface area contributed by atoms with Gasteiger partial charge in [-0.25, -0.2) is 0 Å². The number of hydrogen-bond acceptors (Lipinski definition) is 2. The molecule has 1 aromatic carbocycles. The minimum absolute atomic E-state index is 0.324. The monoisotopic (exact) mass is 286 g/mol. The summed E-state index contributed by atoms with van der Waals surface area (Å²) in [5, 5.41) is 0. The first kappa shape index (κ1) is 14.6. The molecule has 0 radical (unpaired) electrons. The van der Waals surface area contributed by atoms with Crippen molar-refractivity contribution in [2.45, 2.75) is 45.2 Å². The van der Waals surface area contributed by atoms with Gasteiger partial charge in [0.1, 0.15) is 0 Å². The van der Waals surface area contributed by atoms with Crippen molar-refractivity contribution in [3.63, 3.8) is 0 Å². The third kappa shape index (κ3) is 4.07. The lowest BCUT2D eigenvalue weighted by molar-refractivity contribution is -0.134. The van der Waals surface area contributed by atoms with E-state index in [0.717, 1.165) is 38.4 Å². The zero-order valence-electron chi connectivity index (χ0n) is 13.0. The molecule has 0 bridgehead atoms. The normalized spacial score (nSPS) is 20.0. The van der Waals surface area contributed by atoms with Gasteiger partial charge in [0.2, 0.25) is 5.91 Å². The molecule has 0 aromatic heterocycles. The van der Waals surface area contributed by atoms with E-state index in [4.69, 9.17) is 0 Å².